The van der Waals surface area contributed by atoms with Crippen LogP contribution in [0.2, 0.25) is 0 Å². The van der Waals surface area contributed by atoms with Gasteiger partial charge in [0, 0.05) is 28.6 Å². The molecule has 0 heterocycles. The number of hydrogen-bond donors (Lipinski definition) is 3. The first-order valence-electron chi connectivity index (χ1n) is 8.79. The lowest BCUT2D eigenvalue weighted by Crippen LogP contribution is -2.88. The van der Waals surface area contributed by atoms with Gasteiger partial charge in [0.05, 0.1) is 0 Å². The van der Waals surface area contributed by atoms with Crippen molar-refractivity contribution in [2.45, 2.75) is 32.4 Å². The third kappa shape index (κ3) is 5.68. The summed E-state index contributed by atoms with van der Waals surface area (Å²) in [5.41, 5.74) is 2.01. The minimum absolute atomic E-state index is 0.105. The molecule has 0 fully saturated rings. The van der Waals surface area contributed by atoms with Gasteiger partial charge in [0.15, 0.2) is 6.04 Å². The molecule has 0 unspecified atom stereocenters. The fourth-order valence-electron chi connectivity index (χ4n) is 2.83. The van der Waals surface area contributed by atoms with Gasteiger partial charge < -0.3 is 10.6 Å². The van der Waals surface area contributed by atoms with Crippen LogP contribution in [0.1, 0.15) is 43.5 Å². The third-order valence-corrected chi connectivity index (χ3v) is 4.71. The monoisotopic (exact) mass is 418 g/mol. The molecule has 0 saturated carbocycles. The molecule has 2 aromatic rings. The number of benzene rings is 2. The fourth-order valence-corrected chi connectivity index (χ4v) is 3.09. The maximum Gasteiger partial charge on any atom is 0.321 e. The first kappa shape index (κ1) is 20.1. The van der Waals surface area contributed by atoms with Gasteiger partial charge in [-0.2, -0.15) is 0 Å². The largest absolute Gasteiger partial charge is 0.338 e. The number of halogens is 1. The maximum absolute atomic E-state index is 12.8. The zero-order valence-corrected chi connectivity index (χ0v) is 16.6. The van der Waals surface area contributed by atoms with Gasteiger partial charge in [-0.1, -0.05) is 65.3 Å². The molecular formula is C20H25BrN3O2+. The number of rotatable bonds is 7. The smallest absolute Gasteiger partial charge is 0.321 e. The van der Waals surface area contributed by atoms with Crippen LogP contribution < -0.4 is 16.0 Å². The predicted octanol–water partition coefficient (Wildman–Crippen LogP) is 3.05. The maximum atomic E-state index is 12.8. The molecule has 0 aliphatic carbocycles. The van der Waals surface area contributed by atoms with Gasteiger partial charge in [0.2, 0.25) is 0 Å². The van der Waals surface area contributed by atoms with E-state index in [0.717, 1.165) is 22.0 Å². The Morgan fingerprint density at radius 3 is 2.23 bits per heavy atom. The molecule has 0 spiro atoms. The third-order valence-electron chi connectivity index (χ3n) is 4.18. The zero-order chi connectivity index (χ0) is 18.9. The van der Waals surface area contributed by atoms with E-state index in [0.29, 0.717) is 6.54 Å². The van der Waals surface area contributed by atoms with E-state index < -0.39 is 12.1 Å². The summed E-state index contributed by atoms with van der Waals surface area (Å²) in [4.78, 5) is 24.5. The number of imide groups is 1. The standard InChI is InChI=1S/C20H24BrN3O2/c1-3-17(14-10-12-16(21)13-11-14)23-18(15-8-6-5-7-9-15)19(25)24-20(26)22-4-2/h5-13,17-18,23H,3-4H2,1-2H3,(H2,22,24,25,26)/p+1/t17-,18-/m1/s1. The Morgan fingerprint density at radius 2 is 1.65 bits per heavy atom. The molecule has 4 N–H and O–H groups in total. The molecule has 2 atom stereocenters. The molecule has 2 aromatic carbocycles. The molecule has 0 saturated heterocycles. The lowest BCUT2D eigenvalue weighted by atomic mass is 10.00. The molecule has 138 valence electrons. The second-order valence-electron chi connectivity index (χ2n) is 6.00. The Labute approximate surface area is 162 Å². The highest BCUT2D eigenvalue weighted by Crippen LogP contribution is 2.18. The zero-order valence-electron chi connectivity index (χ0n) is 15.0. The molecular weight excluding hydrogens is 394 g/mol. The molecule has 5 nitrogen and oxygen atoms in total. The van der Waals surface area contributed by atoms with E-state index in [4.69, 9.17) is 0 Å². The number of carbonyl (C=O) groups is 2. The van der Waals surface area contributed by atoms with Crippen LogP contribution in [0.15, 0.2) is 59.1 Å². The molecule has 0 radical (unpaired) electrons. The Balaban J connectivity index is 2.23. The molecule has 0 aliphatic heterocycles. The summed E-state index contributed by atoms with van der Waals surface area (Å²) in [6, 6.07) is 16.8. The summed E-state index contributed by atoms with van der Waals surface area (Å²) >= 11 is 3.45. The first-order chi connectivity index (χ1) is 12.5. The summed E-state index contributed by atoms with van der Waals surface area (Å²) in [5, 5.41) is 7.06. The van der Waals surface area contributed by atoms with Crippen molar-refractivity contribution in [1.29, 1.82) is 0 Å². The Hall–Kier alpha value is -2.18. The number of hydrogen-bond acceptors (Lipinski definition) is 2. The highest BCUT2D eigenvalue weighted by atomic mass is 79.9. The highest BCUT2D eigenvalue weighted by molar-refractivity contribution is 9.10. The van der Waals surface area contributed by atoms with E-state index in [-0.39, 0.29) is 11.9 Å². The second kappa shape index (κ2) is 10.1. The van der Waals surface area contributed by atoms with Gasteiger partial charge >= 0.3 is 6.03 Å². The van der Waals surface area contributed by atoms with Crippen LogP contribution in [-0.2, 0) is 4.79 Å². The summed E-state index contributed by atoms with van der Waals surface area (Å²) in [7, 11) is 0. The minimum Gasteiger partial charge on any atom is -0.338 e. The predicted molar refractivity (Wildman–Crippen MR) is 105 cm³/mol. The van der Waals surface area contributed by atoms with Crippen LogP contribution in [0.25, 0.3) is 0 Å². The van der Waals surface area contributed by atoms with E-state index in [1.807, 2.05) is 54.7 Å². The average molecular weight is 419 g/mol. The van der Waals surface area contributed by atoms with E-state index in [9.17, 15) is 9.59 Å². The van der Waals surface area contributed by atoms with Gasteiger partial charge in [-0.3, -0.25) is 10.1 Å². The quantitative estimate of drug-likeness (QED) is 0.646. The topological polar surface area (TPSA) is 74.8 Å². The molecule has 0 aromatic heterocycles. The molecule has 26 heavy (non-hydrogen) atoms. The van der Waals surface area contributed by atoms with E-state index in [1.165, 1.54) is 0 Å². The summed E-state index contributed by atoms with van der Waals surface area (Å²) in [6.07, 6.45) is 0.861. The molecule has 3 amide bonds. The number of quaternary nitrogens is 1. The van der Waals surface area contributed by atoms with Crippen molar-refractivity contribution in [2.24, 2.45) is 0 Å². The minimum atomic E-state index is -0.507. The fraction of sp³-hybridized carbons (Fsp3) is 0.300. The van der Waals surface area contributed by atoms with Gasteiger partial charge in [-0.05, 0) is 19.1 Å². The van der Waals surface area contributed by atoms with Crippen LogP contribution in [0.3, 0.4) is 0 Å². The van der Waals surface area contributed by atoms with Crippen LogP contribution in [0.4, 0.5) is 4.79 Å². The van der Waals surface area contributed by atoms with Crippen LogP contribution in [-0.4, -0.2) is 18.5 Å². The van der Waals surface area contributed by atoms with Gasteiger partial charge in [-0.15, -0.1) is 0 Å². The van der Waals surface area contributed by atoms with Crippen molar-refractivity contribution in [3.05, 3.63) is 70.2 Å². The lowest BCUT2D eigenvalue weighted by molar-refractivity contribution is -0.722. The van der Waals surface area contributed by atoms with Crippen molar-refractivity contribution in [3.63, 3.8) is 0 Å². The van der Waals surface area contributed by atoms with Crippen molar-refractivity contribution in [2.75, 3.05) is 6.54 Å². The van der Waals surface area contributed by atoms with Crippen molar-refractivity contribution >= 4 is 27.9 Å². The normalized spacial score (nSPS) is 12.9. The number of urea groups is 1. The van der Waals surface area contributed by atoms with E-state index in [2.05, 4.69) is 45.6 Å². The molecule has 0 bridgehead atoms. The number of amides is 3. The lowest BCUT2D eigenvalue weighted by Gasteiger charge is -2.22. The van der Waals surface area contributed by atoms with Crippen LogP contribution in [0, 0.1) is 0 Å². The number of carbonyl (C=O) groups excluding carboxylic acids is 2. The summed E-state index contributed by atoms with van der Waals surface area (Å²) < 4.78 is 1.02. The van der Waals surface area contributed by atoms with Gasteiger partial charge in [0.1, 0.15) is 6.04 Å². The summed E-state index contributed by atoms with van der Waals surface area (Å²) in [5.74, 6) is -0.322. The van der Waals surface area contributed by atoms with Crippen molar-refractivity contribution < 1.29 is 14.9 Å². The first-order valence-corrected chi connectivity index (χ1v) is 9.58. The highest BCUT2D eigenvalue weighted by Gasteiger charge is 2.29. The molecule has 2 rings (SSSR count). The Kier molecular flexibility index (Phi) is 7.81. The molecule has 6 heteroatoms. The van der Waals surface area contributed by atoms with Crippen LogP contribution >= 0.6 is 15.9 Å². The average Bonchev–Trinajstić information content (AvgIpc) is 2.64. The second-order valence-corrected chi connectivity index (χ2v) is 6.91. The van der Waals surface area contributed by atoms with Crippen LogP contribution in [0.5, 0.6) is 0 Å². The summed E-state index contributed by atoms with van der Waals surface area (Å²) in [6.45, 7) is 4.37. The van der Waals surface area contributed by atoms with E-state index >= 15 is 0 Å². The Morgan fingerprint density at radius 1 is 1.00 bits per heavy atom. The number of nitrogens with two attached hydrogens (primary N) is 1. The van der Waals surface area contributed by atoms with Gasteiger partial charge in [-0.25, -0.2) is 4.79 Å². The molecule has 0 aliphatic rings. The SMILES string of the molecule is CCNC(=O)NC(=O)[C@H]([NH2+][C@H](CC)c1ccc(Br)cc1)c1ccccc1. The Bertz CT molecular complexity index is 720. The van der Waals surface area contributed by atoms with Crippen molar-refractivity contribution in [1.82, 2.24) is 10.6 Å². The van der Waals surface area contributed by atoms with Crippen molar-refractivity contribution in [3.8, 4) is 0 Å². The van der Waals surface area contributed by atoms with Gasteiger partial charge in [0.25, 0.3) is 5.91 Å². The van der Waals surface area contributed by atoms with E-state index in [1.54, 1.807) is 0 Å². The number of nitrogens with one attached hydrogen (secondary N) is 2.